The summed E-state index contributed by atoms with van der Waals surface area (Å²) in [6.07, 6.45) is 4.84. The van der Waals surface area contributed by atoms with Gasteiger partial charge in [-0.1, -0.05) is 33.4 Å². The number of nitrogens with one attached hydrogen (secondary N) is 1. The second kappa shape index (κ2) is 5.37. The minimum Gasteiger partial charge on any atom is -0.311 e. The highest BCUT2D eigenvalue weighted by molar-refractivity contribution is 5.83. The molecule has 1 amide bonds. The van der Waals surface area contributed by atoms with Crippen LogP contribution in [0.3, 0.4) is 0 Å². The van der Waals surface area contributed by atoms with Crippen molar-refractivity contribution >= 4 is 12.1 Å². The van der Waals surface area contributed by atoms with E-state index in [4.69, 9.17) is 0 Å². The molecule has 0 heterocycles. The SMILES string of the molecule is C=C/C=N\C(=C/C)NC(=O)C(C)(C)C. The van der Waals surface area contributed by atoms with Crippen LogP contribution in [0.4, 0.5) is 0 Å². The van der Waals surface area contributed by atoms with Crippen molar-refractivity contribution in [2.75, 3.05) is 0 Å². The summed E-state index contributed by atoms with van der Waals surface area (Å²) in [6.45, 7) is 10.9. The number of nitrogens with zero attached hydrogens (tertiary/aromatic N) is 1. The van der Waals surface area contributed by atoms with E-state index < -0.39 is 5.41 Å². The number of aliphatic imine (C=N–C) groups is 1. The first-order chi connectivity index (χ1) is 6.41. The predicted molar refractivity (Wildman–Crippen MR) is 60.0 cm³/mol. The van der Waals surface area contributed by atoms with Crippen molar-refractivity contribution in [3.63, 3.8) is 0 Å². The summed E-state index contributed by atoms with van der Waals surface area (Å²) in [5.74, 6) is 0.497. The van der Waals surface area contributed by atoms with Crippen LogP contribution in [0.5, 0.6) is 0 Å². The van der Waals surface area contributed by atoms with Gasteiger partial charge in [0.05, 0.1) is 0 Å². The van der Waals surface area contributed by atoms with Crippen molar-refractivity contribution in [1.29, 1.82) is 0 Å². The van der Waals surface area contributed by atoms with E-state index in [2.05, 4.69) is 16.9 Å². The molecule has 0 atom stereocenters. The Labute approximate surface area is 85.6 Å². The fraction of sp³-hybridized carbons (Fsp3) is 0.455. The van der Waals surface area contributed by atoms with Crippen LogP contribution in [0.1, 0.15) is 27.7 Å². The Balaban J connectivity index is 4.43. The molecule has 0 bridgehead atoms. The van der Waals surface area contributed by atoms with Crippen molar-refractivity contribution in [2.24, 2.45) is 10.4 Å². The van der Waals surface area contributed by atoms with Gasteiger partial charge in [-0.25, -0.2) is 4.99 Å². The van der Waals surface area contributed by atoms with E-state index in [0.717, 1.165) is 0 Å². The average Bonchev–Trinajstić information content (AvgIpc) is 2.10. The van der Waals surface area contributed by atoms with Crippen molar-refractivity contribution in [1.82, 2.24) is 5.32 Å². The number of hydrogen-bond donors (Lipinski definition) is 1. The smallest absolute Gasteiger partial charge is 0.230 e. The maximum absolute atomic E-state index is 11.5. The van der Waals surface area contributed by atoms with Gasteiger partial charge in [0.15, 0.2) is 0 Å². The van der Waals surface area contributed by atoms with E-state index in [0.29, 0.717) is 5.82 Å². The zero-order valence-electron chi connectivity index (χ0n) is 9.29. The molecule has 3 nitrogen and oxygen atoms in total. The lowest BCUT2D eigenvalue weighted by Gasteiger charge is -2.17. The minimum absolute atomic E-state index is 0.0492. The molecular formula is C11H18N2O. The van der Waals surface area contributed by atoms with E-state index >= 15 is 0 Å². The molecule has 0 spiro atoms. The normalized spacial score (nSPS) is 13.0. The lowest BCUT2D eigenvalue weighted by molar-refractivity contribution is -0.127. The van der Waals surface area contributed by atoms with Crippen LogP contribution >= 0.6 is 0 Å². The van der Waals surface area contributed by atoms with Gasteiger partial charge in [-0.15, -0.1) is 0 Å². The molecule has 0 aliphatic carbocycles. The first kappa shape index (κ1) is 12.6. The molecule has 0 aromatic carbocycles. The number of rotatable bonds is 3. The number of allylic oxidation sites excluding steroid dienone is 2. The molecule has 0 aliphatic heterocycles. The number of hydrogen-bond acceptors (Lipinski definition) is 2. The third-order valence-electron chi connectivity index (χ3n) is 1.52. The minimum atomic E-state index is -0.405. The molecule has 14 heavy (non-hydrogen) atoms. The first-order valence-electron chi connectivity index (χ1n) is 4.54. The standard InChI is InChI=1S/C11H18N2O/c1-6-8-12-9(7-2)13-10(14)11(3,4)5/h6-8H,1H2,2-5H3,(H,13,14)/b9-7+,12-8-. The van der Waals surface area contributed by atoms with Gasteiger partial charge in [-0.2, -0.15) is 0 Å². The van der Waals surface area contributed by atoms with Gasteiger partial charge in [-0.3, -0.25) is 4.79 Å². The third kappa shape index (κ3) is 4.60. The molecule has 0 saturated heterocycles. The molecule has 0 aromatic heterocycles. The van der Waals surface area contributed by atoms with E-state index in [1.165, 1.54) is 6.21 Å². The number of carbonyl (C=O) groups excluding carboxylic acids is 1. The Hall–Kier alpha value is -1.38. The lowest BCUT2D eigenvalue weighted by Crippen LogP contribution is -2.33. The second-order valence-corrected chi connectivity index (χ2v) is 3.89. The maximum Gasteiger partial charge on any atom is 0.230 e. The molecule has 1 N–H and O–H groups in total. The maximum atomic E-state index is 11.5. The summed E-state index contributed by atoms with van der Waals surface area (Å²) in [6, 6.07) is 0. The van der Waals surface area contributed by atoms with Crippen molar-refractivity contribution < 1.29 is 4.79 Å². The summed E-state index contributed by atoms with van der Waals surface area (Å²) < 4.78 is 0. The Kier molecular flexibility index (Phi) is 4.84. The molecular weight excluding hydrogens is 176 g/mol. The number of carbonyl (C=O) groups is 1. The van der Waals surface area contributed by atoms with Crippen LogP contribution < -0.4 is 5.32 Å². The van der Waals surface area contributed by atoms with Crippen LogP contribution in [0.15, 0.2) is 29.5 Å². The molecule has 0 unspecified atom stereocenters. The highest BCUT2D eigenvalue weighted by Crippen LogP contribution is 2.13. The van der Waals surface area contributed by atoms with E-state index in [-0.39, 0.29) is 5.91 Å². The Morgan fingerprint density at radius 1 is 1.43 bits per heavy atom. The van der Waals surface area contributed by atoms with Gasteiger partial charge >= 0.3 is 0 Å². The molecule has 0 radical (unpaired) electrons. The van der Waals surface area contributed by atoms with Crippen molar-refractivity contribution in [3.8, 4) is 0 Å². The zero-order chi connectivity index (χ0) is 11.2. The summed E-state index contributed by atoms with van der Waals surface area (Å²) in [4.78, 5) is 15.5. The summed E-state index contributed by atoms with van der Waals surface area (Å²) >= 11 is 0. The zero-order valence-corrected chi connectivity index (χ0v) is 9.29. The number of amides is 1. The highest BCUT2D eigenvalue weighted by atomic mass is 16.2. The van der Waals surface area contributed by atoms with Crippen molar-refractivity contribution in [2.45, 2.75) is 27.7 Å². The molecule has 0 aliphatic rings. The van der Waals surface area contributed by atoms with Gasteiger partial charge in [0, 0.05) is 11.6 Å². The summed E-state index contributed by atoms with van der Waals surface area (Å²) in [5, 5.41) is 2.72. The van der Waals surface area contributed by atoms with Crippen LogP contribution in [0.25, 0.3) is 0 Å². The summed E-state index contributed by atoms with van der Waals surface area (Å²) in [5.41, 5.74) is -0.405. The first-order valence-corrected chi connectivity index (χ1v) is 4.54. The Bertz CT molecular complexity index is 270. The second-order valence-electron chi connectivity index (χ2n) is 3.89. The summed E-state index contributed by atoms with van der Waals surface area (Å²) in [7, 11) is 0. The topological polar surface area (TPSA) is 41.5 Å². The van der Waals surface area contributed by atoms with Gasteiger partial charge in [0.1, 0.15) is 5.82 Å². The molecule has 78 valence electrons. The van der Waals surface area contributed by atoms with Crippen LogP contribution in [-0.4, -0.2) is 12.1 Å². The van der Waals surface area contributed by atoms with Gasteiger partial charge < -0.3 is 5.32 Å². The monoisotopic (exact) mass is 194 g/mol. The van der Waals surface area contributed by atoms with Crippen molar-refractivity contribution in [3.05, 3.63) is 24.6 Å². The third-order valence-corrected chi connectivity index (χ3v) is 1.52. The Morgan fingerprint density at radius 2 is 2.00 bits per heavy atom. The van der Waals surface area contributed by atoms with Crippen LogP contribution in [-0.2, 0) is 4.79 Å². The van der Waals surface area contributed by atoms with E-state index in [1.807, 2.05) is 27.7 Å². The molecule has 0 aromatic rings. The quantitative estimate of drug-likeness (QED) is 0.688. The highest BCUT2D eigenvalue weighted by Gasteiger charge is 2.21. The average molecular weight is 194 g/mol. The van der Waals surface area contributed by atoms with Gasteiger partial charge in [0.25, 0.3) is 0 Å². The molecule has 0 saturated carbocycles. The Morgan fingerprint density at radius 3 is 2.36 bits per heavy atom. The van der Waals surface area contributed by atoms with E-state index in [9.17, 15) is 4.79 Å². The predicted octanol–water partition coefficient (Wildman–Crippen LogP) is 2.27. The van der Waals surface area contributed by atoms with Gasteiger partial charge in [-0.05, 0) is 13.0 Å². The molecule has 0 fully saturated rings. The van der Waals surface area contributed by atoms with Crippen LogP contribution in [0.2, 0.25) is 0 Å². The molecule has 0 rings (SSSR count). The van der Waals surface area contributed by atoms with Gasteiger partial charge in [0.2, 0.25) is 5.91 Å². The fourth-order valence-corrected chi connectivity index (χ4v) is 0.616. The fourth-order valence-electron chi connectivity index (χ4n) is 0.616. The van der Waals surface area contributed by atoms with E-state index in [1.54, 1.807) is 12.2 Å². The lowest BCUT2D eigenvalue weighted by atomic mass is 9.96. The van der Waals surface area contributed by atoms with Crippen LogP contribution in [0, 0.1) is 5.41 Å². The molecule has 3 heteroatoms. The largest absolute Gasteiger partial charge is 0.311 e.